The highest BCUT2D eigenvalue weighted by molar-refractivity contribution is 5.85. The molecule has 2 rings (SSSR count). The summed E-state index contributed by atoms with van der Waals surface area (Å²) in [7, 11) is 0. The molecule has 0 saturated carbocycles. The van der Waals surface area contributed by atoms with Crippen LogP contribution in [0.15, 0.2) is 24.3 Å². The van der Waals surface area contributed by atoms with E-state index in [1.165, 1.54) is 6.07 Å². The number of alkyl halides is 2. The van der Waals surface area contributed by atoms with Crippen LogP contribution in [0.4, 0.5) is 8.78 Å². The molecule has 0 radical (unpaired) electrons. The fourth-order valence-corrected chi connectivity index (χ4v) is 2.80. The van der Waals surface area contributed by atoms with Gasteiger partial charge in [0.05, 0.1) is 6.42 Å². The lowest BCUT2D eigenvalue weighted by Crippen LogP contribution is -2.45. The second-order valence-corrected chi connectivity index (χ2v) is 5.76. The van der Waals surface area contributed by atoms with E-state index in [4.69, 9.17) is 5.73 Å². The van der Waals surface area contributed by atoms with Crippen LogP contribution < -0.4 is 10.5 Å². The molecule has 1 aromatic carbocycles. The second kappa shape index (κ2) is 9.03. The van der Waals surface area contributed by atoms with Crippen LogP contribution in [0.25, 0.3) is 0 Å². The van der Waals surface area contributed by atoms with Gasteiger partial charge in [0.1, 0.15) is 5.75 Å². The number of carbonyl (C=O) groups is 1. The molecule has 7 heteroatoms. The summed E-state index contributed by atoms with van der Waals surface area (Å²) in [6.45, 7) is 0.382. The minimum absolute atomic E-state index is 0. The Kier molecular flexibility index (Phi) is 7.72. The van der Waals surface area contributed by atoms with Gasteiger partial charge in [0.25, 0.3) is 0 Å². The number of ether oxygens (including phenoxy) is 1. The van der Waals surface area contributed by atoms with E-state index in [0.29, 0.717) is 24.6 Å². The number of hydrogen-bond acceptors (Lipinski definition) is 3. The van der Waals surface area contributed by atoms with Gasteiger partial charge < -0.3 is 15.4 Å². The summed E-state index contributed by atoms with van der Waals surface area (Å²) in [5.41, 5.74) is 6.40. The number of benzene rings is 1. The Balaban J connectivity index is 0.00000264. The highest BCUT2D eigenvalue weighted by Gasteiger charge is 2.26. The molecular formula is C16H23ClF2N2O2. The van der Waals surface area contributed by atoms with Crippen molar-refractivity contribution in [3.8, 4) is 5.75 Å². The van der Waals surface area contributed by atoms with Crippen LogP contribution in [-0.4, -0.2) is 36.5 Å². The topological polar surface area (TPSA) is 55.6 Å². The third-order valence-electron chi connectivity index (χ3n) is 4.08. The van der Waals surface area contributed by atoms with Crippen LogP contribution in [0.5, 0.6) is 5.75 Å². The number of likely N-dealkylation sites (tertiary alicyclic amines) is 1. The van der Waals surface area contributed by atoms with Gasteiger partial charge in [-0.25, -0.2) is 0 Å². The van der Waals surface area contributed by atoms with E-state index < -0.39 is 6.61 Å². The third-order valence-corrected chi connectivity index (χ3v) is 4.08. The minimum atomic E-state index is -2.89. The predicted molar refractivity (Wildman–Crippen MR) is 87.0 cm³/mol. The quantitative estimate of drug-likeness (QED) is 0.890. The normalized spacial score (nSPS) is 19.2. The number of nitrogens with two attached hydrogens (primary N) is 1. The fourth-order valence-electron chi connectivity index (χ4n) is 2.80. The lowest BCUT2D eigenvalue weighted by Gasteiger charge is -2.34. The van der Waals surface area contributed by atoms with Crippen LogP contribution in [0.1, 0.15) is 25.3 Å². The summed E-state index contributed by atoms with van der Waals surface area (Å²) in [5.74, 6) is 0.285. The Morgan fingerprint density at radius 3 is 2.78 bits per heavy atom. The number of carbonyl (C=O) groups excluding carboxylic acids is 1. The number of para-hydroxylation sites is 1. The van der Waals surface area contributed by atoms with E-state index in [0.717, 1.165) is 12.8 Å². The first kappa shape index (κ1) is 19.6. The molecule has 0 spiro atoms. The van der Waals surface area contributed by atoms with Gasteiger partial charge >= 0.3 is 6.61 Å². The molecule has 23 heavy (non-hydrogen) atoms. The number of nitrogens with zero attached hydrogens (tertiary/aromatic N) is 1. The summed E-state index contributed by atoms with van der Waals surface area (Å²) < 4.78 is 29.3. The fraction of sp³-hybridized carbons (Fsp3) is 0.562. The van der Waals surface area contributed by atoms with Gasteiger partial charge in [0.15, 0.2) is 0 Å². The average molecular weight is 349 g/mol. The molecule has 1 aromatic rings. The molecule has 1 fully saturated rings. The second-order valence-electron chi connectivity index (χ2n) is 5.76. The van der Waals surface area contributed by atoms with Gasteiger partial charge in [-0.3, -0.25) is 4.79 Å². The SMILES string of the molecule is CC(N)C1CCCN(C(=O)Cc2ccccc2OC(F)F)C1.Cl. The van der Waals surface area contributed by atoms with Crippen LogP contribution >= 0.6 is 12.4 Å². The van der Waals surface area contributed by atoms with E-state index >= 15 is 0 Å². The summed E-state index contributed by atoms with van der Waals surface area (Å²) in [6, 6.07) is 6.46. The van der Waals surface area contributed by atoms with Crippen molar-refractivity contribution in [2.24, 2.45) is 11.7 Å². The van der Waals surface area contributed by atoms with E-state index in [1.54, 1.807) is 23.1 Å². The first-order valence-electron chi connectivity index (χ1n) is 7.53. The highest BCUT2D eigenvalue weighted by Crippen LogP contribution is 2.23. The first-order chi connectivity index (χ1) is 10.5. The zero-order valence-electron chi connectivity index (χ0n) is 13.1. The molecule has 1 amide bonds. The first-order valence-corrected chi connectivity index (χ1v) is 7.53. The van der Waals surface area contributed by atoms with Crippen molar-refractivity contribution >= 4 is 18.3 Å². The lowest BCUT2D eigenvalue weighted by molar-refractivity contribution is -0.132. The zero-order valence-corrected chi connectivity index (χ0v) is 13.9. The van der Waals surface area contributed by atoms with Gasteiger partial charge in [-0.15, -0.1) is 12.4 Å². The van der Waals surface area contributed by atoms with E-state index in [2.05, 4.69) is 4.74 Å². The number of amides is 1. The maximum Gasteiger partial charge on any atom is 0.387 e. The van der Waals surface area contributed by atoms with Gasteiger partial charge in [0, 0.05) is 24.7 Å². The third kappa shape index (κ3) is 5.62. The van der Waals surface area contributed by atoms with Crippen molar-refractivity contribution in [2.45, 2.75) is 38.8 Å². The molecule has 2 atom stereocenters. The van der Waals surface area contributed by atoms with Crippen LogP contribution in [-0.2, 0) is 11.2 Å². The van der Waals surface area contributed by atoms with Gasteiger partial charge in [0.2, 0.25) is 5.91 Å². The number of hydrogen-bond donors (Lipinski definition) is 1. The van der Waals surface area contributed by atoms with Crippen LogP contribution in [0.3, 0.4) is 0 Å². The van der Waals surface area contributed by atoms with Gasteiger partial charge in [-0.2, -0.15) is 8.78 Å². The van der Waals surface area contributed by atoms with Crippen molar-refractivity contribution in [1.29, 1.82) is 0 Å². The zero-order chi connectivity index (χ0) is 16.1. The average Bonchev–Trinajstić information content (AvgIpc) is 2.49. The summed E-state index contributed by atoms with van der Waals surface area (Å²) in [4.78, 5) is 14.2. The molecule has 2 N–H and O–H groups in total. The molecule has 1 aliphatic heterocycles. The standard InChI is InChI=1S/C16H22F2N2O2.ClH/c1-11(19)13-6-4-8-20(10-13)15(21)9-12-5-2-3-7-14(12)22-16(17)18;/h2-3,5,7,11,13,16H,4,6,8-10,19H2,1H3;1H. The number of halogens is 3. The van der Waals surface area contributed by atoms with E-state index in [1.807, 2.05) is 6.92 Å². The van der Waals surface area contributed by atoms with Crippen molar-refractivity contribution in [3.05, 3.63) is 29.8 Å². The predicted octanol–water partition coefficient (Wildman–Crippen LogP) is 2.84. The molecule has 4 nitrogen and oxygen atoms in total. The van der Waals surface area contributed by atoms with Crippen molar-refractivity contribution in [1.82, 2.24) is 4.90 Å². The van der Waals surface area contributed by atoms with Crippen molar-refractivity contribution in [3.63, 3.8) is 0 Å². The Morgan fingerprint density at radius 1 is 1.43 bits per heavy atom. The molecule has 1 heterocycles. The summed E-state index contributed by atoms with van der Waals surface area (Å²) in [5, 5.41) is 0. The van der Waals surface area contributed by atoms with Crippen LogP contribution in [0, 0.1) is 5.92 Å². The van der Waals surface area contributed by atoms with Gasteiger partial charge in [-0.05, 0) is 31.7 Å². The smallest absolute Gasteiger partial charge is 0.387 e. The molecule has 0 aliphatic carbocycles. The van der Waals surface area contributed by atoms with Gasteiger partial charge in [-0.1, -0.05) is 18.2 Å². The molecule has 0 aromatic heterocycles. The highest BCUT2D eigenvalue weighted by atomic mass is 35.5. The number of piperidine rings is 1. The lowest BCUT2D eigenvalue weighted by atomic mass is 9.92. The van der Waals surface area contributed by atoms with E-state index in [9.17, 15) is 13.6 Å². The monoisotopic (exact) mass is 348 g/mol. The Labute approximate surface area is 141 Å². The molecule has 1 saturated heterocycles. The number of rotatable bonds is 5. The Bertz CT molecular complexity index is 515. The summed E-state index contributed by atoms with van der Waals surface area (Å²) in [6.07, 6.45) is 2.01. The maximum absolute atomic E-state index is 12.4. The summed E-state index contributed by atoms with van der Waals surface area (Å²) >= 11 is 0. The molecule has 130 valence electrons. The molecule has 1 aliphatic rings. The molecule has 2 unspecified atom stereocenters. The van der Waals surface area contributed by atoms with E-state index in [-0.39, 0.29) is 36.5 Å². The maximum atomic E-state index is 12.4. The van der Waals surface area contributed by atoms with Crippen molar-refractivity contribution in [2.75, 3.05) is 13.1 Å². The van der Waals surface area contributed by atoms with Crippen molar-refractivity contribution < 1.29 is 18.3 Å². The molecule has 0 bridgehead atoms. The minimum Gasteiger partial charge on any atom is -0.435 e. The molecular weight excluding hydrogens is 326 g/mol. The Morgan fingerprint density at radius 2 is 2.13 bits per heavy atom. The van der Waals surface area contributed by atoms with Crippen LogP contribution in [0.2, 0.25) is 0 Å². The largest absolute Gasteiger partial charge is 0.435 e. The Hall–Kier alpha value is -1.40.